The molecule has 17 heavy (non-hydrogen) atoms. The maximum atomic E-state index is 6.23. The fourth-order valence-corrected chi connectivity index (χ4v) is 3.33. The zero-order valence-corrected chi connectivity index (χ0v) is 12.4. The summed E-state index contributed by atoms with van der Waals surface area (Å²) in [6, 6.07) is 7.79. The Labute approximate surface area is 118 Å². The van der Waals surface area contributed by atoms with Gasteiger partial charge in [-0.15, -0.1) is 11.3 Å². The van der Waals surface area contributed by atoms with E-state index < -0.39 is 0 Å². The van der Waals surface area contributed by atoms with E-state index in [4.69, 9.17) is 17.4 Å². The van der Waals surface area contributed by atoms with Crippen molar-refractivity contribution in [2.24, 2.45) is 5.84 Å². The van der Waals surface area contributed by atoms with Crippen LogP contribution in [0.25, 0.3) is 0 Å². The molecule has 0 aliphatic rings. The van der Waals surface area contributed by atoms with Gasteiger partial charge >= 0.3 is 0 Å². The minimum Gasteiger partial charge on any atom is -0.271 e. The number of nitrogens with one attached hydrogen (secondary N) is 1. The number of hydrogen-bond acceptors (Lipinski definition) is 3. The molecule has 5 heteroatoms. The summed E-state index contributed by atoms with van der Waals surface area (Å²) in [6.07, 6.45) is 0. The zero-order chi connectivity index (χ0) is 12.4. The van der Waals surface area contributed by atoms with Gasteiger partial charge in [-0.2, -0.15) is 0 Å². The highest BCUT2D eigenvalue weighted by atomic mass is 79.9. The standard InChI is InChI=1S/C12H12BrClN2S/c1-7-4-5-17-12(7)11(16-15)9-6-8(13)2-3-10(9)14/h2-6,11,16H,15H2,1H3. The monoisotopic (exact) mass is 330 g/mol. The van der Waals surface area contributed by atoms with Crippen molar-refractivity contribution in [3.8, 4) is 0 Å². The molecular formula is C12H12BrClN2S. The molecule has 0 aliphatic heterocycles. The first-order chi connectivity index (χ1) is 8.13. The molecule has 2 nitrogen and oxygen atoms in total. The Morgan fingerprint density at radius 1 is 1.41 bits per heavy atom. The lowest BCUT2D eigenvalue weighted by atomic mass is 10.0. The second-order valence-electron chi connectivity index (χ2n) is 3.73. The van der Waals surface area contributed by atoms with Gasteiger partial charge in [0.1, 0.15) is 0 Å². The van der Waals surface area contributed by atoms with Crippen molar-refractivity contribution in [1.82, 2.24) is 5.43 Å². The van der Waals surface area contributed by atoms with Crippen LogP contribution in [0.1, 0.15) is 22.0 Å². The third kappa shape index (κ3) is 2.72. The topological polar surface area (TPSA) is 38.0 Å². The molecule has 1 atom stereocenters. The number of hydrazine groups is 1. The lowest BCUT2D eigenvalue weighted by molar-refractivity contribution is 0.644. The molecule has 0 amide bonds. The number of rotatable bonds is 3. The first kappa shape index (κ1) is 13.1. The molecule has 3 N–H and O–H groups in total. The normalized spacial score (nSPS) is 12.7. The molecule has 0 radical (unpaired) electrons. The van der Waals surface area contributed by atoms with Gasteiger partial charge < -0.3 is 0 Å². The summed E-state index contributed by atoms with van der Waals surface area (Å²) < 4.78 is 0.992. The fraction of sp³-hybridized carbons (Fsp3) is 0.167. The van der Waals surface area contributed by atoms with Crippen LogP contribution in [0.5, 0.6) is 0 Å². The maximum absolute atomic E-state index is 6.23. The number of benzene rings is 1. The van der Waals surface area contributed by atoms with Crippen molar-refractivity contribution in [3.63, 3.8) is 0 Å². The zero-order valence-electron chi connectivity index (χ0n) is 9.21. The van der Waals surface area contributed by atoms with E-state index in [1.807, 2.05) is 18.2 Å². The third-order valence-corrected chi connectivity index (χ3v) is 4.52. The minimum atomic E-state index is -0.0694. The van der Waals surface area contributed by atoms with E-state index in [9.17, 15) is 0 Å². The Morgan fingerprint density at radius 3 is 2.76 bits per heavy atom. The number of hydrogen-bond donors (Lipinski definition) is 2. The highest BCUT2D eigenvalue weighted by Gasteiger charge is 2.18. The molecule has 1 aromatic carbocycles. The predicted octanol–water partition coefficient (Wildman–Crippen LogP) is 4.03. The summed E-state index contributed by atoms with van der Waals surface area (Å²) in [5.41, 5.74) is 5.03. The van der Waals surface area contributed by atoms with Crippen molar-refractivity contribution in [2.45, 2.75) is 13.0 Å². The summed E-state index contributed by atoms with van der Waals surface area (Å²) in [5.74, 6) is 5.67. The molecular weight excluding hydrogens is 320 g/mol. The van der Waals surface area contributed by atoms with E-state index in [1.165, 1.54) is 10.4 Å². The second-order valence-corrected chi connectivity index (χ2v) is 6.00. The quantitative estimate of drug-likeness (QED) is 0.658. The van der Waals surface area contributed by atoms with Crippen LogP contribution in [-0.2, 0) is 0 Å². The SMILES string of the molecule is Cc1ccsc1C(NN)c1cc(Br)ccc1Cl. The summed E-state index contributed by atoms with van der Waals surface area (Å²) in [5, 5.41) is 2.77. The van der Waals surface area contributed by atoms with Crippen LogP contribution >= 0.6 is 38.9 Å². The molecule has 90 valence electrons. The largest absolute Gasteiger partial charge is 0.271 e. The van der Waals surface area contributed by atoms with Gasteiger partial charge in [-0.25, -0.2) is 5.43 Å². The van der Waals surface area contributed by atoms with Gasteiger partial charge in [-0.3, -0.25) is 5.84 Å². The van der Waals surface area contributed by atoms with Gasteiger partial charge in [-0.1, -0.05) is 27.5 Å². The lowest BCUT2D eigenvalue weighted by Crippen LogP contribution is -2.28. The van der Waals surface area contributed by atoms with Crippen LogP contribution in [0.3, 0.4) is 0 Å². The minimum absolute atomic E-state index is 0.0694. The number of aryl methyl sites for hydroxylation is 1. The summed E-state index contributed by atoms with van der Waals surface area (Å²) in [4.78, 5) is 1.19. The number of thiophene rings is 1. The Morgan fingerprint density at radius 2 is 2.18 bits per heavy atom. The second kappa shape index (κ2) is 5.50. The van der Waals surface area contributed by atoms with Gasteiger partial charge in [0.2, 0.25) is 0 Å². The Hall–Kier alpha value is -0.390. The van der Waals surface area contributed by atoms with Crippen molar-refractivity contribution in [2.75, 3.05) is 0 Å². The van der Waals surface area contributed by atoms with Crippen LogP contribution in [0.4, 0.5) is 0 Å². The number of halogens is 2. The molecule has 0 bridgehead atoms. The van der Waals surface area contributed by atoms with Gasteiger partial charge in [0.15, 0.2) is 0 Å². The average Bonchev–Trinajstić information content (AvgIpc) is 2.71. The van der Waals surface area contributed by atoms with Gasteiger partial charge in [-0.05, 0) is 47.7 Å². The molecule has 0 spiro atoms. The van der Waals surface area contributed by atoms with Crippen LogP contribution in [0.15, 0.2) is 34.1 Å². The molecule has 1 unspecified atom stereocenters. The summed E-state index contributed by atoms with van der Waals surface area (Å²) >= 11 is 11.4. The molecule has 1 heterocycles. The van der Waals surface area contributed by atoms with Crippen LogP contribution in [0.2, 0.25) is 5.02 Å². The van der Waals surface area contributed by atoms with Crippen molar-refractivity contribution in [3.05, 3.63) is 55.1 Å². The highest BCUT2D eigenvalue weighted by Crippen LogP contribution is 2.34. The maximum Gasteiger partial charge on any atom is 0.0819 e. The van der Waals surface area contributed by atoms with E-state index in [2.05, 4.69) is 39.7 Å². The molecule has 2 rings (SSSR count). The highest BCUT2D eigenvalue weighted by molar-refractivity contribution is 9.10. The van der Waals surface area contributed by atoms with Gasteiger partial charge in [0.25, 0.3) is 0 Å². The van der Waals surface area contributed by atoms with E-state index in [1.54, 1.807) is 11.3 Å². The smallest absolute Gasteiger partial charge is 0.0819 e. The van der Waals surface area contributed by atoms with Gasteiger partial charge in [0, 0.05) is 14.4 Å². The molecule has 0 fully saturated rings. The first-order valence-electron chi connectivity index (χ1n) is 5.08. The lowest BCUT2D eigenvalue weighted by Gasteiger charge is -2.17. The van der Waals surface area contributed by atoms with E-state index in [-0.39, 0.29) is 6.04 Å². The first-order valence-corrected chi connectivity index (χ1v) is 7.13. The summed E-state index contributed by atoms with van der Waals surface area (Å²) in [6.45, 7) is 2.07. The number of nitrogens with two attached hydrogens (primary N) is 1. The van der Waals surface area contributed by atoms with E-state index in [0.29, 0.717) is 5.02 Å². The van der Waals surface area contributed by atoms with E-state index in [0.717, 1.165) is 10.0 Å². The van der Waals surface area contributed by atoms with Crippen molar-refractivity contribution < 1.29 is 0 Å². The Bertz CT molecular complexity index is 527. The van der Waals surface area contributed by atoms with E-state index >= 15 is 0 Å². The van der Waals surface area contributed by atoms with Gasteiger partial charge in [0.05, 0.1) is 6.04 Å². The average molecular weight is 332 g/mol. The molecule has 2 aromatic rings. The predicted molar refractivity (Wildman–Crippen MR) is 77.4 cm³/mol. The molecule has 0 saturated carbocycles. The van der Waals surface area contributed by atoms with Crippen LogP contribution in [0, 0.1) is 6.92 Å². The van der Waals surface area contributed by atoms with Crippen molar-refractivity contribution >= 4 is 38.9 Å². The molecule has 0 saturated heterocycles. The molecule has 0 aliphatic carbocycles. The molecule has 1 aromatic heterocycles. The van der Waals surface area contributed by atoms with Crippen LogP contribution < -0.4 is 11.3 Å². The summed E-state index contributed by atoms with van der Waals surface area (Å²) in [7, 11) is 0. The Kier molecular flexibility index (Phi) is 4.22. The fourth-order valence-electron chi connectivity index (χ4n) is 1.72. The Balaban J connectivity index is 2.49. The third-order valence-electron chi connectivity index (χ3n) is 2.60. The van der Waals surface area contributed by atoms with Crippen LogP contribution in [-0.4, -0.2) is 0 Å². The van der Waals surface area contributed by atoms with Crippen molar-refractivity contribution in [1.29, 1.82) is 0 Å².